The van der Waals surface area contributed by atoms with Gasteiger partial charge in [-0.3, -0.25) is 0 Å². The van der Waals surface area contributed by atoms with Crippen LogP contribution in [-0.4, -0.2) is 47.2 Å². The second kappa shape index (κ2) is 8.67. The lowest BCUT2D eigenvalue weighted by atomic mass is 10.3. The predicted molar refractivity (Wildman–Crippen MR) is 60.3 cm³/mol. The molecule has 0 spiro atoms. The van der Waals surface area contributed by atoms with Crippen molar-refractivity contribution >= 4 is 11.9 Å². The second-order valence-electron chi connectivity index (χ2n) is 3.36. The third-order valence-electron chi connectivity index (χ3n) is 1.88. The number of hydrogen-bond donors (Lipinski definition) is 2. The van der Waals surface area contributed by atoms with Crippen LogP contribution in [0.4, 0.5) is 0 Å². The van der Waals surface area contributed by atoms with Gasteiger partial charge in [-0.05, 0) is 19.9 Å². The maximum atomic E-state index is 10.2. The molecule has 90 valence electrons. The van der Waals surface area contributed by atoms with E-state index in [9.17, 15) is 9.59 Å². The minimum Gasteiger partial charge on any atom is -0.478 e. The number of rotatable bonds is 8. The van der Waals surface area contributed by atoms with E-state index in [0.717, 1.165) is 25.2 Å². The molecule has 0 heterocycles. The zero-order valence-electron chi connectivity index (χ0n) is 9.30. The molecular formula is C11H17NO4. The Hall–Kier alpha value is -1.62. The van der Waals surface area contributed by atoms with Gasteiger partial charge in [-0.2, -0.15) is 0 Å². The van der Waals surface area contributed by atoms with Gasteiger partial charge in [-0.15, -0.1) is 0 Å². The van der Waals surface area contributed by atoms with E-state index in [1.54, 1.807) is 12.2 Å². The molecule has 0 atom stereocenters. The van der Waals surface area contributed by atoms with Gasteiger partial charge in [0, 0.05) is 25.2 Å². The van der Waals surface area contributed by atoms with Crippen molar-refractivity contribution in [3.63, 3.8) is 0 Å². The molecule has 0 unspecified atom stereocenters. The Kier molecular flexibility index (Phi) is 7.79. The number of aliphatic carboxylic acids is 2. The Morgan fingerprint density at radius 2 is 1.38 bits per heavy atom. The highest BCUT2D eigenvalue weighted by Gasteiger charge is 1.95. The first-order valence-electron chi connectivity index (χ1n) is 5.00. The molecule has 0 saturated heterocycles. The zero-order valence-corrected chi connectivity index (χ0v) is 9.30. The van der Waals surface area contributed by atoms with Crippen LogP contribution in [0.15, 0.2) is 24.3 Å². The Labute approximate surface area is 94.7 Å². The average molecular weight is 227 g/mol. The summed E-state index contributed by atoms with van der Waals surface area (Å²) in [5.41, 5.74) is 0. The van der Waals surface area contributed by atoms with Gasteiger partial charge in [0.15, 0.2) is 0 Å². The summed E-state index contributed by atoms with van der Waals surface area (Å²) in [6.45, 7) is 1.51. The molecule has 16 heavy (non-hydrogen) atoms. The average Bonchev–Trinajstić information content (AvgIpc) is 2.19. The minimum atomic E-state index is -0.938. The van der Waals surface area contributed by atoms with Crippen LogP contribution in [0.3, 0.4) is 0 Å². The SMILES string of the molecule is CN(CCC=CC(=O)O)CCC=CC(=O)O. The fraction of sp³-hybridized carbons (Fsp3) is 0.455. The summed E-state index contributed by atoms with van der Waals surface area (Å²) < 4.78 is 0. The summed E-state index contributed by atoms with van der Waals surface area (Å²) in [4.78, 5) is 22.3. The van der Waals surface area contributed by atoms with Crippen molar-refractivity contribution in [2.45, 2.75) is 12.8 Å². The van der Waals surface area contributed by atoms with Crippen LogP contribution in [0, 0.1) is 0 Å². The maximum absolute atomic E-state index is 10.2. The quantitative estimate of drug-likeness (QED) is 0.604. The van der Waals surface area contributed by atoms with E-state index < -0.39 is 11.9 Å². The molecule has 0 fully saturated rings. The van der Waals surface area contributed by atoms with E-state index in [4.69, 9.17) is 10.2 Å². The van der Waals surface area contributed by atoms with Crippen molar-refractivity contribution in [1.29, 1.82) is 0 Å². The first-order chi connectivity index (χ1) is 7.52. The van der Waals surface area contributed by atoms with Crippen molar-refractivity contribution in [1.82, 2.24) is 4.90 Å². The van der Waals surface area contributed by atoms with Crippen LogP contribution in [0.25, 0.3) is 0 Å². The standard InChI is InChI=1S/C11H17NO4/c1-12(8-4-2-6-10(13)14)9-5-3-7-11(15)16/h2-3,6-7H,4-5,8-9H2,1H3,(H,13,14)(H,15,16). The van der Waals surface area contributed by atoms with Crippen LogP contribution in [0.5, 0.6) is 0 Å². The first kappa shape index (κ1) is 14.4. The molecule has 0 aliphatic heterocycles. The van der Waals surface area contributed by atoms with Crippen LogP contribution < -0.4 is 0 Å². The molecule has 0 aromatic heterocycles. The highest BCUT2D eigenvalue weighted by atomic mass is 16.4. The number of carboxylic acid groups (broad SMARTS) is 2. The van der Waals surface area contributed by atoms with Gasteiger partial charge in [0.1, 0.15) is 0 Å². The molecular weight excluding hydrogens is 210 g/mol. The summed E-state index contributed by atoms with van der Waals surface area (Å²) in [5.74, 6) is -1.88. The normalized spacial score (nSPS) is 11.6. The van der Waals surface area contributed by atoms with E-state index in [1.807, 2.05) is 11.9 Å². The lowest BCUT2D eigenvalue weighted by Crippen LogP contribution is -2.20. The number of carbonyl (C=O) groups is 2. The molecule has 0 rings (SSSR count). The van der Waals surface area contributed by atoms with E-state index in [-0.39, 0.29) is 0 Å². The van der Waals surface area contributed by atoms with Gasteiger partial charge in [-0.25, -0.2) is 9.59 Å². The number of carboxylic acids is 2. The fourth-order valence-corrected chi connectivity index (χ4v) is 1.07. The van der Waals surface area contributed by atoms with E-state index in [2.05, 4.69) is 0 Å². The molecule has 2 N–H and O–H groups in total. The van der Waals surface area contributed by atoms with E-state index >= 15 is 0 Å². The van der Waals surface area contributed by atoms with Gasteiger partial charge < -0.3 is 15.1 Å². The molecule has 0 aliphatic rings. The molecule has 0 aliphatic carbocycles. The molecule has 5 nitrogen and oxygen atoms in total. The van der Waals surface area contributed by atoms with Crippen LogP contribution >= 0.6 is 0 Å². The Bertz CT molecular complexity index is 256. The fourth-order valence-electron chi connectivity index (χ4n) is 1.07. The van der Waals surface area contributed by atoms with Crippen LogP contribution in [0.1, 0.15) is 12.8 Å². The number of hydrogen-bond acceptors (Lipinski definition) is 3. The van der Waals surface area contributed by atoms with Crippen molar-refractivity contribution in [3.05, 3.63) is 24.3 Å². The molecule has 0 saturated carbocycles. The zero-order chi connectivity index (χ0) is 12.4. The summed E-state index contributed by atoms with van der Waals surface area (Å²) in [7, 11) is 1.91. The highest BCUT2D eigenvalue weighted by molar-refractivity contribution is 5.79. The van der Waals surface area contributed by atoms with Gasteiger partial charge in [0.2, 0.25) is 0 Å². The highest BCUT2D eigenvalue weighted by Crippen LogP contribution is 1.93. The number of nitrogens with zero attached hydrogens (tertiary/aromatic N) is 1. The Balaban J connectivity index is 3.55. The van der Waals surface area contributed by atoms with E-state index in [0.29, 0.717) is 12.8 Å². The molecule has 0 aromatic rings. The van der Waals surface area contributed by atoms with Crippen molar-refractivity contribution < 1.29 is 19.8 Å². The molecule has 0 amide bonds. The molecule has 0 radical (unpaired) electrons. The van der Waals surface area contributed by atoms with Gasteiger partial charge in [-0.1, -0.05) is 12.2 Å². The largest absolute Gasteiger partial charge is 0.478 e. The summed E-state index contributed by atoms with van der Waals surface area (Å²) >= 11 is 0. The van der Waals surface area contributed by atoms with Crippen LogP contribution in [0.2, 0.25) is 0 Å². The van der Waals surface area contributed by atoms with Gasteiger partial charge in [0.25, 0.3) is 0 Å². The van der Waals surface area contributed by atoms with Crippen molar-refractivity contribution in [2.24, 2.45) is 0 Å². The predicted octanol–water partition coefficient (Wildman–Crippen LogP) is 0.980. The van der Waals surface area contributed by atoms with Crippen molar-refractivity contribution in [3.8, 4) is 0 Å². The molecule has 0 bridgehead atoms. The Morgan fingerprint density at radius 1 is 1.00 bits per heavy atom. The molecule has 5 heteroatoms. The molecule has 0 aromatic carbocycles. The minimum absolute atomic E-state index is 0.672. The van der Waals surface area contributed by atoms with Gasteiger partial charge in [0.05, 0.1) is 0 Å². The smallest absolute Gasteiger partial charge is 0.327 e. The van der Waals surface area contributed by atoms with Crippen molar-refractivity contribution in [2.75, 3.05) is 20.1 Å². The Morgan fingerprint density at radius 3 is 1.69 bits per heavy atom. The lowest BCUT2D eigenvalue weighted by molar-refractivity contribution is -0.132. The summed E-state index contributed by atoms with van der Waals surface area (Å²) in [6, 6.07) is 0. The maximum Gasteiger partial charge on any atom is 0.327 e. The summed E-state index contributed by atoms with van der Waals surface area (Å²) in [5, 5.41) is 16.7. The van der Waals surface area contributed by atoms with E-state index in [1.165, 1.54) is 0 Å². The topological polar surface area (TPSA) is 77.8 Å². The monoisotopic (exact) mass is 227 g/mol. The first-order valence-corrected chi connectivity index (χ1v) is 5.00. The third kappa shape index (κ3) is 10.5. The second-order valence-corrected chi connectivity index (χ2v) is 3.36. The summed E-state index contributed by atoms with van der Waals surface area (Å²) in [6.07, 6.45) is 6.80. The third-order valence-corrected chi connectivity index (χ3v) is 1.88. The lowest BCUT2D eigenvalue weighted by Gasteiger charge is -2.13. The van der Waals surface area contributed by atoms with Gasteiger partial charge >= 0.3 is 11.9 Å². The van der Waals surface area contributed by atoms with Crippen LogP contribution in [-0.2, 0) is 9.59 Å².